The summed E-state index contributed by atoms with van der Waals surface area (Å²) in [7, 11) is 0. The first-order valence-electron chi connectivity index (χ1n) is 7.18. The number of benzene rings is 1. The van der Waals surface area contributed by atoms with E-state index in [1.807, 2.05) is 4.90 Å². The van der Waals surface area contributed by atoms with Gasteiger partial charge in [0, 0.05) is 25.2 Å². The molecule has 106 valence electrons. The molecule has 1 heterocycles. The monoisotopic (exact) mass is 274 g/mol. The number of hydrogen-bond acceptors (Lipinski definition) is 3. The molecule has 1 saturated heterocycles. The third-order valence-corrected chi connectivity index (χ3v) is 4.43. The molecule has 0 spiro atoms. The number of nitro benzene ring substituents is 1. The van der Waals surface area contributed by atoms with Crippen LogP contribution in [0.15, 0.2) is 24.3 Å². The van der Waals surface area contributed by atoms with Crippen molar-refractivity contribution in [3.63, 3.8) is 0 Å². The number of rotatable bonds is 3. The van der Waals surface area contributed by atoms with E-state index < -0.39 is 10.3 Å². The van der Waals surface area contributed by atoms with Gasteiger partial charge in [-0.05, 0) is 37.7 Å². The van der Waals surface area contributed by atoms with Crippen LogP contribution in [0.1, 0.15) is 37.7 Å². The third-order valence-electron chi connectivity index (χ3n) is 4.43. The van der Waals surface area contributed by atoms with Crippen molar-refractivity contribution in [3.05, 3.63) is 39.9 Å². The first-order valence-corrected chi connectivity index (χ1v) is 7.18. The quantitative estimate of drug-likeness (QED) is 0.628. The zero-order valence-corrected chi connectivity index (χ0v) is 11.4. The second kappa shape index (κ2) is 4.89. The van der Waals surface area contributed by atoms with Gasteiger partial charge in [0.15, 0.2) is 0 Å². The Kier molecular flexibility index (Phi) is 3.20. The lowest BCUT2D eigenvalue weighted by Crippen LogP contribution is -2.42. The first kappa shape index (κ1) is 13.1. The number of likely N-dealkylation sites (tertiary alicyclic amines) is 1. The van der Waals surface area contributed by atoms with E-state index in [2.05, 4.69) is 0 Å². The fraction of sp³-hybridized carbons (Fsp3) is 0.533. The van der Waals surface area contributed by atoms with Gasteiger partial charge in [-0.3, -0.25) is 14.9 Å². The normalized spacial score (nSPS) is 20.5. The molecule has 1 aromatic carbocycles. The van der Waals surface area contributed by atoms with E-state index in [4.69, 9.17) is 0 Å². The van der Waals surface area contributed by atoms with Crippen LogP contribution < -0.4 is 0 Å². The first-order chi connectivity index (χ1) is 9.63. The van der Waals surface area contributed by atoms with Crippen LogP contribution in [-0.4, -0.2) is 28.8 Å². The van der Waals surface area contributed by atoms with Gasteiger partial charge >= 0.3 is 0 Å². The lowest BCUT2D eigenvalue weighted by Gasteiger charge is -2.30. The van der Waals surface area contributed by atoms with Crippen molar-refractivity contribution < 1.29 is 9.72 Å². The second-order valence-corrected chi connectivity index (χ2v) is 5.74. The number of piperidine rings is 1. The van der Waals surface area contributed by atoms with E-state index in [0.29, 0.717) is 0 Å². The number of nitrogens with zero attached hydrogens (tertiary/aromatic N) is 2. The van der Waals surface area contributed by atoms with Crippen molar-refractivity contribution in [2.45, 2.75) is 37.5 Å². The highest BCUT2D eigenvalue weighted by Gasteiger charge is 2.53. The highest BCUT2D eigenvalue weighted by atomic mass is 16.6. The van der Waals surface area contributed by atoms with E-state index in [0.717, 1.165) is 44.3 Å². The van der Waals surface area contributed by atoms with E-state index in [9.17, 15) is 14.9 Å². The van der Waals surface area contributed by atoms with Crippen molar-refractivity contribution >= 4 is 11.6 Å². The molecular weight excluding hydrogens is 256 g/mol. The number of non-ortho nitro benzene ring substituents is 1. The fourth-order valence-electron chi connectivity index (χ4n) is 3.05. The number of carbonyl (C=O) groups is 1. The minimum atomic E-state index is -0.407. The lowest BCUT2D eigenvalue weighted by atomic mass is 9.93. The Morgan fingerprint density at radius 1 is 1.10 bits per heavy atom. The van der Waals surface area contributed by atoms with Gasteiger partial charge in [0.2, 0.25) is 5.91 Å². The van der Waals surface area contributed by atoms with Crippen LogP contribution in [0.4, 0.5) is 5.69 Å². The Hall–Kier alpha value is -1.91. The molecule has 5 heteroatoms. The number of carbonyl (C=O) groups excluding carboxylic acids is 1. The Morgan fingerprint density at radius 3 is 2.20 bits per heavy atom. The molecule has 0 radical (unpaired) electrons. The summed E-state index contributed by atoms with van der Waals surface area (Å²) in [5.74, 6) is 0.214. The fourth-order valence-corrected chi connectivity index (χ4v) is 3.05. The maximum Gasteiger partial charge on any atom is 0.269 e. The summed E-state index contributed by atoms with van der Waals surface area (Å²) >= 11 is 0. The van der Waals surface area contributed by atoms with Gasteiger partial charge in [0.25, 0.3) is 5.69 Å². The van der Waals surface area contributed by atoms with Crippen molar-refractivity contribution in [1.82, 2.24) is 4.90 Å². The molecule has 20 heavy (non-hydrogen) atoms. The molecule has 1 aromatic rings. The molecule has 0 unspecified atom stereocenters. The molecule has 0 atom stereocenters. The average molecular weight is 274 g/mol. The number of amides is 1. The van der Waals surface area contributed by atoms with Gasteiger partial charge in [-0.15, -0.1) is 0 Å². The molecule has 2 fully saturated rings. The van der Waals surface area contributed by atoms with Crippen LogP contribution in [0.2, 0.25) is 0 Å². The average Bonchev–Trinajstić information content (AvgIpc) is 3.29. The number of hydrogen-bond donors (Lipinski definition) is 0. The maximum atomic E-state index is 12.7. The Morgan fingerprint density at radius 2 is 1.70 bits per heavy atom. The highest BCUT2D eigenvalue weighted by molar-refractivity contribution is 5.91. The summed E-state index contributed by atoms with van der Waals surface area (Å²) in [6.07, 6.45) is 5.10. The largest absolute Gasteiger partial charge is 0.342 e. The van der Waals surface area contributed by atoms with Crippen LogP contribution in [0, 0.1) is 10.1 Å². The predicted molar refractivity (Wildman–Crippen MR) is 74.4 cm³/mol. The molecule has 1 aliphatic heterocycles. The van der Waals surface area contributed by atoms with E-state index in [-0.39, 0.29) is 11.6 Å². The van der Waals surface area contributed by atoms with Crippen LogP contribution in [0.3, 0.4) is 0 Å². The molecular formula is C15H18N2O3. The number of nitro groups is 1. The molecule has 5 nitrogen and oxygen atoms in total. The second-order valence-electron chi connectivity index (χ2n) is 5.74. The molecule has 0 aromatic heterocycles. The zero-order chi connectivity index (χ0) is 14.2. The van der Waals surface area contributed by atoms with Crippen LogP contribution >= 0.6 is 0 Å². The molecule has 0 N–H and O–H groups in total. The van der Waals surface area contributed by atoms with Gasteiger partial charge in [-0.25, -0.2) is 0 Å². The molecule has 1 saturated carbocycles. The van der Waals surface area contributed by atoms with Crippen molar-refractivity contribution in [3.8, 4) is 0 Å². The van der Waals surface area contributed by atoms with Crippen molar-refractivity contribution in [2.24, 2.45) is 0 Å². The summed E-state index contributed by atoms with van der Waals surface area (Å²) < 4.78 is 0. The van der Waals surface area contributed by atoms with Gasteiger partial charge in [-0.1, -0.05) is 12.1 Å². The topological polar surface area (TPSA) is 63.5 Å². The Labute approximate surface area is 117 Å². The summed E-state index contributed by atoms with van der Waals surface area (Å²) in [6.45, 7) is 1.71. The van der Waals surface area contributed by atoms with Gasteiger partial charge in [-0.2, -0.15) is 0 Å². The molecule has 2 aliphatic rings. The Balaban J connectivity index is 1.81. The third kappa shape index (κ3) is 2.17. The van der Waals surface area contributed by atoms with Crippen LogP contribution in [0.25, 0.3) is 0 Å². The van der Waals surface area contributed by atoms with Crippen LogP contribution in [-0.2, 0) is 10.2 Å². The van der Waals surface area contributed by atoms with E-state index in [1.54, 1.807) is 12.1 Å². The molecule has 1 aliphatic carbocycles. The van der Waals surface area contributed by atoms with E-state index >= 15 is 0 Å². The lowest BCUT2D eigenvalue weighted by molar-refractivity contribution is -0.384. The predicted octanol–water partition coefficient (Wildman–Crippen LogP) is 2.64. The minimum Gasteiger partial charge on any atom is -0.342 e. The van der Waals surface area contributed by atoms with Crippen LogP contribution in [0.5, 0.6) is 0 Å². The minimum absolute atomic E-state index is 0.0787. The Bertz CT molecular complexity index is 529. The van der Waals surface area contributed by atoms with E-state index in [1.165, 1.54) is 18.6 Å². The molecule has 0 bridgehead atoms. The summed E-state index contributed by atoms with van der Waals surface area (Å²) in [5, 5.41) is 10.7. The zero-order valence-electron chi connectivity index (χ0n) is 11.4. The summed E-state index contributed by atoms with van der Waals surface area (Å²) in [5.41, 5.74) is 0.612. The molecule has 3 rings (SSSR count). The van der Waals surface area contributed by atoms with Crippen molar-refractivity contribution in [1.29, 1.82) is 0 Å². The SMILES string of the molecule is O=C(N1CCCCC1)C1(c2ccc([N+](=O)[O-])cc2)CC1. The smallest absolute Gasteiger partial charge is 0.269 e. The molecule has 1 amide bonds. The summed E-state index contributed by atoms with van der Waals surface area (Å²) in [6, 6.07) is 6.48. The highest BCUT2D eigenvalue weighted by Crippen LogP contribution is 2.50. The standard InChI is InChI=1S/C15H18N2O3/c18-14(16-10-2-1-3-11-16)15(8-9-15)12-4-6-13(7-5-12)17(19)20/h4-7H,1-3,8-11H2. The van der Waals surface area contributed by atoms with Gasteiger partial charge in [0.1, 0.15) is 0 Å². The maximum absolute atomic E-state index is 12.7. The van der Waals surface area contributed by atoms with Gasteiger partial charge in [0.05, 0.1) is 10.3 Å². The summed E-state index contributed by atoms with van der Waals surface area (Å²) in [4.78, 5) is 24.9. The van der Waals surface area contributed by atoms with Crippen molar-refractivity contribution in [2.75, 3.05) is 13.1 Å². The van der Waals surface area contributed by atoms with Gasteiger partial charge < -0.3 is 4.90 Å².